The van der Waals surface area contributed by atoms with E-state index in [4.69, 9.17) is 0 Å². The predicted molar refractivity (Wildman–Crippen MR) is 80.5 cm³/mol. The van der Waals surface area contributed by atoms with Crippen molar-refractivity contribution in [1.82, 2.24) is 4.72 Å². The summed E-state index contributed by atoms with van der Waals surface area (Å²) in [6.07, 6.45) is 3.92. The zero-order chi connectivity index (χ0) is 14.5. The quantitative estimate of drug-likeness (QED) is 0.862. The molecule has 0 radical (unpaired) electrons. The molecule has 1 aromatic carbocycles. The summed E-state index contributed by atoms with van der Waals surface area (Å²) in [5, 5.41) is 0. The van der Waals surface area contributed by atoms with Crippen molar-refractivity contribution in [2.45, 2.75) is 63.2 Å². The van der Waals surface area contributed by atoms with Crippen LogP contribution < -0.4 is 4.72 Å². The molecule has 0 aliphatic heterocycles. The van der Waals surface area contributed by atoms with Crippen molar-refractivity contribution < 1.29 is 8.94 Å². The van der Waals surface area contributed by atoms with E-state index >= 15 is 0 Å². The molecule has 1 saturated carbocycles. The van der Waals surface area contributed by atoms with Crippen LogP contribution in [0.4, 0.5) is 4.39 Å². The Morgan fingerprint density at radius 1 is 1.25 bits per heavy atom. The van der Waals surface area contributed by atoms with E-state index < -0.39 is 11.4 Å². The van der Waals surface area contributed by atoms with Gasteiger partial charge in [0.2, 0.25) is 0 Å². The molecule has 0 heterocycles. The van der Waals surface area contributed by atoms with Crippen LogP contribution in [-0.2, 0) is 17.8 Å². The third-order valence-corrected chi connectivity index (χ3v) is 5.78. The van der Waals surface area contributed by atoms with Gasteiger partial charge in [-0.2, -0.15) is 0 Å². The van der Waals surface area contributed by atoms with E-state index in [9.17, 15) is 8.94 Å². The molecule has 2 aliphatic rings. The van der Waals surface area contributed by atoms with Gasteiger partial charge in [-0.05, 0) is 75.1 Å². The first kappa shape index (κ1) is 14.4. The van der Waals surface area contributed by atoms with E-state index in [0.717, 1.165) is 29.5 Å². The molecule has 3 rings (SSSR count). The third-order valence-electron chi connectivity index (χ3n) is 4.16. The summed E-state index contributed by atoms with van der Waals surface area (Å²) in [6.45, 7) is 5.85. The van der Waals surface area contributed by atoms with Gasteiger partial charge in [0.05, 0.1) is 6.04 Å². The van der Waals surface area contributed by atoms with Gasteiger partial charge in [-0.1, -0.05) is 6.07 Å². The summed E-state index contributed by atoms with van der Waals surface area (Å²) in [6, 6.07) is 3.87. The maximum absolute atomic E-state index is 14.2. The van der Waals surface area contributed by atoms with Crippen LogP contribution in [0.5, 0.6) is 0 Å². The molecule has 2 atom stereocenters. The maximum atomic E-state index is 14.2. The molecule has 4 heteroatoms. The lowest BCUT2D eigenvalue weighted by Crippen LogP contribution is -2.40. The van der Waals surface area contributed by atoms with E-state index in [0.29, 0.717) is 5.92 Å². The molecule has 1 aromatic rings. The second kappa shape index (κ2) is 5.00. The second-order valence-corrected chi connectivity index (χ2v) is 8.93. The molecule has 2 aliphatic carbocycles. The summed E-state index contributed by atoms with van der Waals surface area (Å²) in [7, 11) is 0. The highest BCUT2D eigenvalue weighted by Gasteiger charge is 2.35. The van der Waals surface area contributed by atoms with Gasteiger partial charge in [-0.25, -0.2) is 4.39 Å². The highest BCUT2D eigenvalue weighted by molar-refractivity contribution is 7.90. The van der Waals surface area contributed by atoms with Gasteiger partial charge in [0.25, 0.3) is 0 Å². The van der Waals surface area contributed by atoms with Gasteiger partial charge in [0.15, 0.2) is 0 Å². The summed E-state index contributed by atoms with van der Waals surface area (Å²) < 4.78 is 29.3. The summed E-state index contributed by atoms with van der Waals surface area (Å²) >= 11 is -1.12. The van der Waals surface area contributed by atoms with E-state index in [1.54, 1.807) is 6.07 Å². The first-order valence-electron chi connectivity index (χ1n) is 7.36. The second-order valence-electron chi connectivity index (χ2n) is 6.93. The zero-order valence-corrected chi connectivity index (χ0v) is 13.1. The van der Waals surface area contributed by atoms with Gasteiger partial charge < -0.3 is 4.55 Å². The lowest BCUT2D eigenvalue weighted by atomic mass is 10.0. The van der Waals surface area contributed by atoms with Gasteiger partial charge >= 0.3 is 0 Å². The first-order chi connectivity index (χ1) is 9.36. The van der Waals surface area contributed by atoms with Crippen molar-refractivity contribution in [3.8, 4) is 0 Å². The van der Waals surface area contributed by atoms with Crippen LogP contribution in [0.25, 0.3) is 0 Å². The topological polar surface area (TPSA) is 35.1 Å². The van der Waals surface area contributed by atoms with Crippen LogP contribution in [0.2, 0.25) is 0 Å². The lowest BCUT2D eigenvalue weighted by Gasteiger charge is -2.26. The van der Waals surface area contributed by atoms with Crippen molar-refractivity contribution in [3.63, 3.8) is 0 Å². The monoisotopic (exact) mass is 295 g/mol. The molecule has 2 nitrogen and oxygen atoms in total. The Balaban J connectivity index is 1.85. The Kier molecular flexibility index (Phi) is 3.59. The van der Waals surface area contributed by atoms with Gasteiger partial charge in [-0.15, -0.1) is 4.72 Å². The fourth-order valence-electron chi connectivity index (χ4n) is 2.78. The molecule has 0 bridgehead atoms. The van der Waals surface area contributed by atoms with Gasteiger partial charge in [-0.3, -0.25) is 0 Å². The molecular formula is C16H22FNOS. The van der Waals surface area contributed by atoms with Crippen molar-refractivity contribution in [2.24, 2.45) is 0 Å². The average molecular weight is 295 g/mol. The highest BCUT2D eigenvalue weighted by atomic mass is 32.2. The van der Waals surface area contributed by atoms with Crippen molar-refractivity contribution in [3.05, 3.63) is 34.6 Å². The Labute approximate surface area is 123 Å². The Bertz CT molecular complexity index is 522. The molecule has 1 unspecified atom stereocenters. The van der Waals surface area contributed by atoms with Crippen LogP contribution in [0, 0.1) is 5.82 Å². The summed E-state index contributed by atoms with van der Waals surface area (Å²) in [5.41, 5.74) is 2.97. The van der Waals surface area contributed by atoms with Crippen molar-refractivity contribution in [1.29, 1.82) is 0 Å². The Hall–Kier alpha value is -0.580. The molecule has 0 amide bonds. The van der Waals surface area contributed by atoms with Crippen molar-refractivity contribution in [2.75, 3.05) is 0 Å². The van der Waals surface area contributed by atoms with Crippen LogP contribution in [-0.4, -0.2) is 9.30 Å². The van der Waals surface area contributed by atoms with Crippen molar-refractivity contribution >= 4 is 11.4 Å². The fraction of sp³-hybridized carbons (Fsp3) is 0.625. The normalized spacial score (nSPS) is 23.8. The average Bonchev–Trinajstić information content (AvgIpc) is 3.12. The first-order valence-corrected chi connectivity index (χ1v) is 8.51. The highest BCUT2D eigenvalue weighted by Crippen LogP contribution is 2.44. The fourth-order valence-corrected chi connectivity index (χ4v) is 3.64. The van der Waals surface area contributed by atoms with E-state index in [1.165, 1.54) is 12.8 Å². The minimum Gasteiger partial charge on any atom is -0.598 e. The predicted octanol–water partition coefficient (Wildman–Crippen LogP) is 3.74. The summed E-state index contributed by atoms with van der Waals surface area (Å²) in [5.74, 6) is 0.472. The molecule has 0 saturated heterocycles. The molecule has 0 spiro atoms. The Morgan fingerprint density at radius 3 is 2.55 bits per heavy atom. The summed E-state index contributed by atoms with van der Waals surface area (Å²) in [4.78, 5) is 0. The van der Waals surface area contributed by atoms with Crippen LogP contribution in [0.15, 0.2) is 12.1 Å². The zero-order valence-electron chi connectivity index (χ0n) is 12.3. The molecule has 0 aromatic heterocycles. The van der Waals surface area contributed by atoms with E-state index in [-0.39, 0.29) is 16.6 Å². The maximum Gasteiger partial charge on any atom is 0.136 e. The Morgan fingerprint density at radius 2 is 1.95 bits per heavy atom. The molecule has 110 valence electrons. The van der Waals surface area contributed by atoms with E-state index in [1.807, 2.05) is 20.8 Å². The molecular weight excluding hydrogens is 273 g/mol. The van der Waals surface area contributed by atoms with Crippen LogP contribution in [0.1, 0.15) is 68.7 Å². The number of hydrogen-bond donors (Lipinski definition) is 1. The smallest absolute Gasteiger partial charge is 0.136 e. The molecule has 1 fully saturated rings. The number of fused-ring (bicyclic) bond motifs is 1. The largest absolute Gasteiger partial charge is 0.598 e. The number of nitrogens with one attached hydrogen (secondary N) is 1. The third kappa shape index (κ3) is 2.74. The minimum absolute atomic E-state index is 0.0262. The number of benzene rings is 1. The minimum atomic E-state index is -1.12. The van der Waals surface area contributed by atoms with Gasteiger partial charge in [0.1, 0.15) is 10.6 Å². The molecule has 20 heavy (non-hydrogen) atoms. The lowest BCUT2D eigenvalue weighted by molar-refractivity contribution is 0.522. The van der Waals surface area contributed by atoms with Gasteiger partial charge in [0, 0.05) is 11.4 Å². The number of rotatable bonds is 3. The van der Waals surface area contributed by atoms with Crippen LogP contribution >= 0.6 is 0 Å². The number of halogens is 1. The standard InChI is InChI=1S/C16H22FNOS/c1-16(2,3)20(19)18-15-7-6-12-13(15)8-11(9-14(12)17)10-4-5-10/h8-10,15,18H,4-7H2,1-3H3/t15-,20?/m1/s1. The molecule has 1 N–H and O–H groups in total. The van der Waals surface area contributed by atoms with Crippen LogP contribution in [0.3, 0.4) is 0 Å². The SMILES string of the molecule is CC(C)(C)[S+]([O-])N[C@@H]1CCc2c(F)cc(C3CC3)cc21. The number of hydrogen-bond acceptors (Lipinski definition) is 2. The van der Waals surface area contributed by atoms with E-state index in [2.05, 4.69) is 10.8 Å².